The van der Waals surface area contributed by atoms with Crippen molar-refractivity contribution in [1.29, 1.82) is 0 Å². The highest BCUT2D eigenvalue weighted by Crippen LogP contribution is 2.32. The van der Waals surface area contributed by atoms with Crippen molar-refractivity contribution in [1.82, 2.24) is 10.6 Å². The number of amides is 1. The van der Waals surface area contributed by atoms with E-state index in [-0.39, 0.29) is 17.6 Å². The lowest BCUT2D eigenvalue weighted by molar-refractivity contribution is -0.125. The van der Waals surface area contributed by atoms with Gasteiger partial charge in [0.25, 0.3) is 0 Å². The zero-order chi connectivity index (χ0) is 21.8. The monoisotopic (exact) mass is 418 g/mol. The van der Waals surface area contributed by atoms with Gasteiger partial charge < -0.3 is 15.7 Å². The lowest BCUT2D eigenvalue weighted by Gasteiger charge is -2.32. The zero-order valence-electron chi connectivity index (χ0n) is 17.5. The van der Waals surface area contributed by atoms with Crippen molar-refractivity contribution in [2.24, 2.45) is 0 Å². The van der Waals surface area contributed by atoms with Gasteiger partial charge in [-0.05, 0) is 35.7 Å². The Bertz CT molecular complexity index is 986. The molecule has 3 aromatic rings. The predicted octanol–water partition coefficient (Wildman–Crippen LogP) is 3.36. The number of nitrogens with one attached hydrogen (secondary N) is 2. The first-order chi connectivity index (χ1) is 15.0. The molecule has 0 saturated carbocycles. The highest BCUT2D eigenvalue weighted by Gasteiger charge is 2.40. The Balaban J connectivity index is 1.50. The molecule has 0 aliphatic carbocycles. The molecule has 31 heavy (non-hydrogen) atoms. The molecule has 4 nitrogen and oxygen atoms in total. The maximum atomic E-state index is 13.6. The van der Waals surface area contributed by atoms with Crippen LogP contribution in [0.4, 0.5) is 4.39 Å². The van der Waals surface area contributed by atoms with E-state index in [4.69, 9.17) is 0 Å². The highest BCUT2D eigenvalue weighted by atomic mass is 19.1. The lowest BCUT2D eigenvalue weighted by Crippen LogP contribution is -2.49. The van der Waals surface area contributed by atoms with Crippen molar-refractivity contribution in [3.63, 3.8) is 0 Å². The summed E-state index contributed by atoms with van der Waals surface area (Å²) in [6, 6.07) is 25.6. The van der Waals surface area contributed by atoms with Gasteiger partial charge in [0.05, 0.1) is 6.10 Å². The molecule has 4 rings (SSSR count). The summed E-state index contributed by atoms with van der Waals surface area (Å²) >= 11 is 0. The van der Waals surface area contributed by atoms with Gasteiger partial charge in [-0.25, -0.2) is 4.39 Å². The second-order valence-electron chi connectivity index (χ2n) is 8.32. The molecule has 3 atom stereocenters. The van der Waals surface area contributed by atoms with E-state index in [0.717, 1.165) is 11.1 Å². The van der Waals surface area contributed by atoms with E-state index in [2.05, 4.69) is 41.8 Å². The van der Waals surface area contributed by atoms with E-state index >= 15 is 0 Å². The highest BCUT2D eigenvalue weighted by molar-refractivity contribution is 5.83. The molecule has 1 aliphatic heterocycles. The minimum Gasteiger partial charge on any atom is -0.390 e. The summed E-state index contributed by atoms with van der Waals surface area (Å²) in [6.07, 6.45) is -0.929. The molecule has 3 aromatic carbocycles. The Morgan fingerprint density at radius 1 is 1.03 bits per heavy atom. The smallest absolute Gasteiger partial charge is 0.239 e. The normalized spacial score (nSPS) is 21.1. The Morgan fingerprint density at radius 3 is 2.23 bits per heavy atom. The second kappa shape index (κ2) is 9.00. The molecule has 0 spiro atoms. The van der Waals surface area contributed by atoms with E-state index < -0.39 is 17.6 Å². The number of aliphatic hydroxyl groups is 1. The van der Waals surface area contributed by atoms with Gasteiger partial charge in [-0.1, -0.05) is 72.8 Å². The molecule has 160 valence electrons. The number of hydrogen-bond donors (Lipinski definition) is 3. The quantitative estimate of drug-likeness (QED) is 0.575. The first-order valence-electron chi connectivity index (χ1n) is 10.5. The van der Waals surface area contributed by atoms with Crippen LogP contribution < -0.4 is 10.6 Å². The number of aliphatic hydroxyl groups excluding tert-OH is 1. The molecule has 1 aliphatic rings. The van der Waals surface area contributed by atoms with Gasteiger partial charge in [0.1, 0.15) is 11.9 Å². The summed E-state index contributed by atoms with van der Waals surface area (Å²) in [5, 5.41) is 16.9. The Morgan fingerprint density at radius 2 is 1.65 bits per heavy atom. The van der Waals surface area contributed by atoms with E-state index in [1.54, 1.807) is 12.1 Å². The fraction of sp³-hybridized carbons (Fsp3) is 0.269. The van der Waals surface area contributed by atoms with Gasteiger partial charge in [-0.2, -0.15) is 0 Å². The van der Waals surface area contributed by atoms with Gasteiger partial charge in [-0.15, -0.1) is 0 Å². The number of rotatable bonds is 6. The molecule has 0 unspecified atom stereocenters. The summed E-state index contributed by atoms with van der Waals surface area (Å²) in [7, 11) is 0. The average molecular weight is 419 g/mol. The second-order valence-corrected chi connectivity index (χ2v) is 8.32. The third-order valence-corrected chi connectivity index (χ3v) is 6.31. The van der Waals surface area contributed by atoms with Crippen LogP contribution in [0.3, 0.4) is 0 Å². The first kappa shape index (κ1) is 21.2. The minimum absolute atomic E-state index is 0.260. The topological polar surface area (TPSA) is 61.4 Å². The van der Waals surface area contributed by atoms with E-state index in [0.29, 0.717) is 18.7 Å². The van der Waals surface area contributed by atoms with E-state index in [9.17, 15) is 14.3 Å². The largest absolute Gasteiger partial charge is 0.390 e. The van der Waals surface area contributed by atoms with Gasteiger partial charge in [0.15, 0.2) is 0 Å². The van der Waals surface area contributed by atoms with Crippen LogP contribution in [0.2, 0.25) is 0 Å². The van der Waals surface area contributed by atoms with Gasteiger partial charge in [-0.3, -0.25) is 4.79 Å². The SMILES string of the molecule is CC(CNC(=O)[C@H]1NC[C@H](c2cccc(F)c2)[C@H]1O)(c1ccccc1)c1ccccc1. The Kier molecular flexibility index (Phi) is 6.16. The molecule has 0 aromatic heterocycles. The van der Waals surface area contributed by atoms with Crippen molar-refractivity contribution in [2.75, 3.05) is 13.1 Å². The molecule has 0 radical (unpaired) electrons. The molecule has 0 bridgehead atoms. The van der Waals surface area contributed by atoms with Crippen molar-refractivity contribution in [2.45, 2.75) is 30.4 Å². The number of hydrogen-bond acceptors (Lipinski definition) is 3. The summed E-state index contributed by atoms with van der Waals surface area (Å²) in [5.74, 6) is -0.940. The summed E-state index contributed by atoms with van der Waals surface area (Å²) in [5.41, 5.74) is 2.45. The average Bonchev–Trinajstić information content (AvgIpc) is 3.20. The fourth-order valence-electron chi connectivity index (χ4n) is 4.38. The minimum atomic E-state index is -0.929. The molecular formula is C26H27FN2O2. The van der Waals surface area contributed by atoms with Crippen LogP contribution in [0.5, 0.6) is 0 Å². The summed E-state index contributed by atoms with van der Waals surface area (Å²) in [6.45, 7) is 2.90. The van der Waals surface area contributed by atoms with Gasteiger partial charge in [0.2, 0.25) is 5.91 Å². The number of carbonyl (C=O) groups excluding carboxylic acids is 1. The third kappa shape index (κ3) is 4.38. The third-order valence-electron chi connectivity index (χ3n) is 6.31. The lowest BCUT2D eigenvalue weighted by atomic mass is 9.76. The molecular weight excluding hydrogens is 391 g/mol. The van der Waals surface area contributed by atoms with Crippen LogP contribution in [0.15, 0.2) is 84.9 Å². The van der Waals surface area contributed by atoms with Crippen LogP contribution in [-0.4, -0.2) is 36.2 Å². The number of carbonyl (C=O) groups is 1. The van der Waals surface area contributed by atoms with Gasteiger partial charge >= 0.3 is 0 Å². The standard InChI is InChI=1S/C26H27FN2O2/c1-26(19-10-4-2-5-11-19,20-12-6-3-7-13-20)17-29-25(31)23-24(30)22(16-28-23)18-9-8-14-21(27)15-18/h2-15,22-24,28,30H,16-17H2,1H3,(H,29,31)/t22-,23+,24-/m1/s1. The van der Waals surface area contributed by atoms with Crippen LogP contribution in [0.1, 0.15) is 29.5 Å². The first-order valence-corrected chi connectivity index (χ1v) is 10.5. The Hall–Kier alpha value is -3.02. The van der Waals surface area contributed by atoms with E-state index in [1.807, 2.05) is 36.4 Å². The van der Waals surface area contributed by atoms with Crippen LogP contribution in [0.25, 0.3) is 0 Å². The molecule has 1 saturated heterocycles. The van der Waals surface area contributed by atoms with Gasteiger partial charge in [0, 0.05) is 24.4 Å². The maximum absolute atomic E-state index is 13.6. The molecule has 3 N–H and O–H groups in total. The van der Waals surface area contributed by atoms with E-state index in [1.165, 1.54) is 12.1 Å². The predicted molar refractivity (Wildman–Crippen MR) is 119 cm³/mol. The number of benzene rings is 3. The number of halogens is 1. The Labute approximate surface area is 182 Å². The summed E-state index contributed by atoms with van der Waals surface area (Å²) < 4.78 is 13.6. The molecule has 5 heteroatoms. The zero-order valence-corrected chi connectivity index (χ0v) is 17.5. The molecule has 1 fully saturated rings. The van der Waals surface area contributed by atoms with Crippen molar-refractivity contribution in [3.05, 3.63) is 107 Å². The molecule has 1 heterocycles. The van der Waals surface area contributed by atoms with Crippen LogP contribution >= 0.6 is 0 Å². The van der Waals surface area contributed by atoms with Crippen LogP contribution in [-0.2, 0) is 10.2 Å². The van der Waals surface area contributed by atoms with Crippen molar-refractivity contribution < 1.29 is 14.3 Å². The van der Waals surface area contributed by atoms with Crippen molar-refractivity contribution >= 4 is 5.91 Å². The maximum Gasteiger partial charge on any atom is 0.239 e. The van der Waals surface area contributed by atoms with Crippen molar-refractivity contribution in [3.8, 4) is 0 Å². The fourth-order valence-corrected chi connectivity index (χ4v) is 4.38. The van der Waals surface area contributed by atoms with Crippen LogP contribution in [0, 0.1) is 5.82 Å². The molecule has 1 amide bonds. The summed E-state index contributed by atoms with van der Waals surface area (Å²) in [4.78, 5) is 13.0.